The van der Waals surface area contributed by atoms with E-state index in [0.717, 1.165) is 31.2 Å². The predicted octanol–water partition coefficient (Wildman–Crippen LogP) is 0.900. The molecule has 1 aromatic rings. The number of hydrogen-bond donors (Lipinski definition) is 1. The van der Waals surface area contributed by atoms with Gasteiger partial charge in [0.2, 0.25) is 0 Å². The summed E-state index contributed by atoms with van der Waals surface area (Å²) < 4.78 is 5.00. The van der Waals surface area contributed by atoms with Crippen molar-refractivity contribution >= 4 is 17.7 Å². The van der Waals surface area contributed by atoms with Crippen LogP contribution in [0.25, 0.3) is 0 Å². The van der Waals surface area contributed by atoms with E-state index in [1.54, 1.807) is 11.0 Å². The molecule has 2 heterocycles. The van der Waals surface area contributed by atoms with Crippen LogP contribution in [0.5, 0.6) is 0 Å². The van der Waals surface area contributed by atoms with Crippen LogP contribution >= 0.6 is 0 Å². The zero-order valence-electron chi connectivity index (χ0n) is 12.0. The Labute approximate surface area is 118 Å². The molecule has 2 rings (SSSR count). The van der Waals surface area contributed by atoms with Gasteiger partial charge in [0.05, 0.1) is 6.61 Å². The summed E-state index contributed by atoms with van der Waals surface area (Å²) in [5.74, 6) is 2.06. The SMILES string of the molecule is CCOC(=O)N1CCN(c2cc(N)nc(CC)n2)CC1. The van der Waals surface area contributed by atoms with E-state index in [0.29, 0.717) is 25.5 Å². The second-order valence-electron chi connectivity index (χ2n) is 4.59. The lowest BCUT2D eigenvalue weighted by Crippen LogP contribution is -2.49. The summed E-state index contributed by atoms with van der Waals surface area (Å²) in [5, 5.41) is 0. The van der Waals surface area contributed by atoms with Crippen molar-refractivity contribution in [3.05, 3.63) is 11.9 Å². The summed E-state index contributed by atoms with van der Waals surface area (Å²) in [6, 6.07) is 1.78. The van der Waals surface area contributed by atoms with E-state index in [1.807, 2.05) is 13.8 Å². The molecule has 0 bridgehead atoms. The monoisotopic (exact) mass is 279 g/mol. The van der Waals surface area contributed by atoms with Crippen molar-refractivity contribution in [3.63, 3.8) is 0 Å². The van der Waals surface area contributed by atoms with Crippen LogP contribution in [0.3, 0.4) is 0 Å². The fourth-order valence-electron chi connectivity index (χ4n) is 2.16. The van der Waals surface area contributed by atoms with E-state index in [4.69, 9.17) is 10.5 Å². The quantitative estimate of drug-likeness (QED) is 0.885. The van der Waals surface area contributed by atoms with Crippen molar-refractivity contribution in [3.8, 4) is 0 Å². The molecule has 1 aliphatic rings. The number of rotatable bonds is 3. The Balaban J connectivity index is 2.00. The van der Waals surface area contributed by atoms with Gasteiger partial charge in [0, 0.05) is 38.7 Å². The highest BCUT2D eigenvalue weighted by atomic mass is 16.6. The first-order valence-electron chi connectivity index (χ1n) is 6.94. The lowest BCUT2D eigenvalue weighted by Gasteiger charge is -2.34. The Hall–Kier alpha value is -2.05. The average Bonchev–Trinajstić information content (AvgIpc) is 2.47. The van der Waals surface area contributed by atoms with Crippen LogP contribution in [0.1, 0.15) is 19.7 Å². The van der Waals surface area contributed by atoms with Crippen molar-refractivity contribution < 1.29 is 9.53 Å². The maximum atomic E-state index is 11.6. The van der Waals surface area contributed by atoms with E-state index in [1.165, 1.54) is 0 Å². The Morgan fingerprint density at radius 1 is 1.30 bits per heavy atom. The molecule has 1 fully saturated rings. The summed E-state index contributed by atoms with van der Waals surface area (Å²) in [4.78, 5) is 24.1. The Kier molecular flexibility index (Phi) is 4.60. The smallest absolute Gasteiger partial charge is 0.409 e. The van der Waals surface area contributed by atoms with Crippen LogP contribution in [0, 0.1) is 0 Å². The van der Waals surface area contributed by atoms with Gasteiger partial charge in [-0.05, 0) is 6.92 Å². The molecule has 0 saturated carbocycles. The molecular formula is C13H21N5O2. The largest absolute Gasteiger partial charge is 0.450 e. The lowest BCUT2D eigenvalue weighted by molar-refractivity contribution is 0.105. The highest BCUT2D eigenvalue weighted by Crippen LogP contribution is 2.16. The summed E-state index contributed by atoms with van der Waals surface area (Å²) in [5.41, 5.74) is 5.79. The van der Waals surface area contributed by atoms with E-state index in [-0.39, 0.29) is 6.09 Å². The van der Waals surface area contributed by atoms with Crippen molar-refractivity contribution in [1.82, 2.24) is 14.9 Å². The van der Waals surface area contributed by atoms with Gasteiger partial charge in [0.25, 0.3) is 0 Å². The van der Waals surface area contributed by atoms with Crippen LogP contribution in [0.4, 0.5) is 16.4 Å². The molecule has 0 aromatic carbocycles. The second-order valence-corrected chi connectivity index (χ2v) is 4.59. The van der Waals surface area contributed by atoms with E-state index >= 15 is 0 Å². The first-order chi connectivity index (χ1) is 9.63. The van der Waals surface area contributed by atoms with Gasteiger partial charge < -0.3 is 20.3 Å². The standard InChI is InChI=1S/C13H21N5O2/c1-3-11-15-10(14)9-12(16-11)17-5-7-18(8-6-17)13(19)20-4-2/h9H,3-8H2,1-2H3,(H2,14,15,16). The third-order valence-corrected chi connectivity index (χ3v) is 3.22. The fraction of sp³-hybridized carbons (Fsp3) is 0.615. The zero-order valence-corrected chi connectivity index (χ0v) is 12.0. The number of carbonyl (C=O) groups excluding carboxylic acids is 1. The van der Waals surface area contributed by atoms with Crippen molar-refractivity contribution in [2.24, 2.45) is 0 Å². The topological polar surface area (TPSA) is 84.6 Å². The molecule has 1 aliphatic heterocycles. The fourth-order valence-corrected chi connectivity index (χ4v) is 2.16. The van der Waals surface area contributed by atoms with E-state index in [9.17, 15) is 4.79 Å². The molecule has 0 atom stereocenters. The molecule has 1 amide bonds. The van der Waals surface area contributed by atoms with Gasteiger partial charge in [0.1, 0.15) is 17.5 Å². The summed E-state index contributed by atoms with van der Waals surface area (Å²) in [7, 11) is 0. The van der Waals surface area contributed by atoms with Crippen molar-refractivity contribution in [1.29, 1.82) is 0 Å². The molecule has 110 valence electrons. The maximum Gasteiger partial charge on any atom is 0.409 e. The molecule has 1 saturated heterocycles. The highest BCUT2D eigenvalue weighted by Gasteiger charge is 2.23. The van der Waals surface area contributed by atoms with Gasteiger partial charge in [-0.15, -0.1) is 0 Å². The number of aryl methyl sites for hydroxylation is 1. The molecule has 0 aliphatic carbocycles. The van der Waals surface area contributed by atoms with Crippen LogP contribution in [-0.2, 0) is 11.2 Å². The number of nitrogens with zero attached hydrogens (tertiary/aromatic N) is 4. The molecule has 0 spiro atoms. The normalized spacial score (nSPS) is 15.3. The number of anilines is 2. The van der Waals surface area contributed by atoms with E-state index < -0.39 is 0 Å². The number of nitrogen functional groups attached to an aromatic ring is 1. The number of ether oxygens (including phenoxy) is 1. The number of hydrogen-bond acceptors (Lipinski definition) is 6. The summed E-state index contributed by atoms with van der Waals surface area (Å²) in [6.07, 6.45) is 0.504. The number of aromatic nitrogens is 2. The zero-order chi connectivity index (χ0) is 14.5. The van der Waals surface area contributed by atoms with Gasteiger partial charge >= 0.3 is 6.09 Å². The van der Waals surface area contributed by atoms with Gasteiger partial charge in [-0.3, -0.25) is 0 Å². The third-order valence-electron chi connectivity index (χ3n) is 3.22. The lowest BCUT2D eigenvalue weighted by atomic mass is 10.3. The van der Waals surface area contributed by atoms with E-state index in [2.05, 4.69) is 14.9 Å². The van der Waals surface area contributed by atoms with Gasteiger partial charge in [-0.25, -0.2) is 14.8 Å². The number of piperazine rings is 1. The minimum Gasteiger partial charge on any atom is -0.450 e. The molecule has 0 unspecified atom stereocenters. The average molecular weight is 279 g/mol. The first kappa shape index (κ1) is 14.4. The molecule has 0 radical (unpaired) electrons. The van der Waals surface area contributed by atoms with Gasteiger partial charge in [-0.2, -0.15) is 0 Å². The van der Waals surface area contributed by atoms with Gasteiger partial charge in [0.15, 0.2) is 0 Å². The number of carbonyl (C=O) groups is 1. The predicted molar refractivity (Wildman–Crippen MR) is 76.6 cm³/mol. The minimum atomic E-state index is -0.247. The Morgan fingerprint density at radius 3 is 2.60 bits per heavy atom. The Bertz CT molecular complexity index is 472. The maximum absolute atomic E-state index is 11.6. The minimum absolute atomic E-state index is 0.247. The van der Waals surface area contributed by atoms with Crippen LogP contribution in [-0.4, -0.2) is 53.7 Å². The molecule has 2 N–H and O–H groups in total. The molecule has 7 nitrogen and oxygen atoms in total. The highest BCUT2D eigenvalue weighted by molar-refractivity contribution is 5.68. The third kappa shape index (κ3) is 3.28. The molecular weight excluding hydrogens is 258 g/mol. The molecule has 20 heavy (non-hydrogen) atoms. The molecule has 7 heteroatoms. The van der Waals surface area contributed by atoms with Gasteiger partial charge in [-0.1, -0.05) is 6.92 Å². The summed E-state index contributed by atoms with van der Waals surface area (Å²) >= 11 is 0. The Morgan fingerprint density at radius 2 is 2.00 bits per heavy atom. The first-order valence-corrected chi connectivity index (χ1v) is 6.94. The molecule has 1 aromatic heterocycles. The number of amides is 1. The van der Waals surface area contributed by atoms with Crippen LogP contribution in [0.15, 0.2) is 6.07 Å². The number of nitrogens with two attached hydrogens (primary N) is 1. The van der Waals surface area contributed by atoms with Crippen LogP contribution < -0.4 is 10.6 Å². The van der Waals surface area contributed by atoms with Crippen LogP contribution in [0.2, 0.25) is 0 Å². The van der Waals surface area contributed by atoms with Crippen molar-refractivity contribution in [2.45, 2.75) is 20.3 Å². The second kappa shape index (κ2) is 6.40. The van der Waals surface area contributed by atoms with Crippen molar-refractivity contribution in [2.75, 3.05) is 43.4 Å². The summed E-state index contributed by atoms with van der Waals surface area (Å²) in [6.45, 7) is 6.91.